The van der Waals surface area contributed by atoms with E-state index in [2.05, 4.69) is 39.2 Å². The first-order valence-electron chi connectivity index (χ1n) is 9.14. The molecule has 1 unspecified atom stereocenters. The van der Waals surface area contributed by atoms with Crippen LogP contribution in [-0.2, 0) is 10.0 Å². The summed E-state index contributed by atoms with van der Waals surface area (Å²) in [6.07, 6.45) is 3.47. The highest BCUT2D eigenvalue weighted by Gasteiger charge is 2.20. The Kier molecular flexibility index (Phi) is 7.53. The topological polar surface area (TPSA) is 81.7 Å². The molecular formula is C18H31N3O3S. The van der Waals surface area contributed by atoms with Gasteiger partial charge in [-0.3, -0.25) is 0 Å². The Morgan fingerprint density at radius 1 is 1.16 bits per heavy atom. The van der Waals surface area contributed by atoms with Crippen LogP contribution in [0.5, 0.6) is 0 Å². The molecule has 1 aromatic carbocycles. The lowest BCUT2D eigenvalue weighted by Gasteiger charge is -2.18. The third kappa shape index (κ3) is 6.49. The zero-order chi connectivity index (χ0) is 18.3. The van der Waals surface area contributed by atoms with Gasteiger partial charge in [-0.15, -0.1) is 0 Å². The maximum Gasteiger partial charge on any atom is 0.213 e. The predicted octanol–water partition coefficient (Wildman–Crippen LogP) is 2.17. The summed E-state index contributed by atoms with van der Waals surface area (Å²) in [6, 6.07) is 8.30. The van der Waals surface area contributed by atoms with Crippen molar-refractivity contribution in [2.45, 2.75) is 50.9 Å². The number of aliphatic hydroxyl groups excluding tert-OH is 1. The van der Waals surface area contributed by atoms with E-state index in [1.165, 1.54) is 0 Å². The van der Waals surface area contributed by atoms with Gasteiger partial charge in [-0.05, 0) is 57.4 Å². The average molecular weight is 370 g/mol. The van der Waals surface area contributed by atoms with Crippen molar-refractivity contribution < 1.29 is 13.5 Å². The van der Waals surface area contributed by atoms with E-state index in [0.717, 1.165) is 50.1 Å². The lowest BCUT2D eigenvalue weighted by Crippen LogP contribution is -2.31. The number of aliphatic hydroxyl groups is 1. The Morgan fingerprint density at radius 3 is 2.44 bits per heavy atom. The highest BCUT2D eigenvalue weighted by Crippen LogP contribution is 2.22. The van der Waals surface area contributed by atoms with Gasteiger partial charge >= 0.3 is 0 Å². The first kappa shape index (κ1) is 20.0. The van der Waals surface area contributed by atoms with Gasteiger partial charge in [-0.2, -0.15) is 0 Å². The van der Waals surface area contributed by atoms with Crippen molar-refractivity contribution in [2.75, 3.05) is 36.4 Å². The third-order valence-corrected chi connectivity index (χ3v) is 6.35. The summed E-state index contributed by atoms with van der Waals surface area (Å²) in [7, 11) is -3.13. The Balaban J connectivity index is 1.59. The van der Waals surface area contributed by atoms with Gasteiger partial charge in [0.1, 0.15) is 0 Å². The molecule has 0 amide bonds. The van der Waals surface area contributed by atoms with Gasteiger partial charge in [0.2, 0.25) is 10.0 Å². The van der Waals surface area contributed by atoms with Crippen LogP contribution in [0.1, 0.15) is 39.5 Å². The standard InChI is InChI=1S/C18H31N3O3S/c1-15(2)25(23,24)20-12-5-3-4-11-19-16-6-8-17(9-7-16)21-13-10-18(22)14-21/h6-9,15,18-20,22H,3-5,10-14H2,1-2H3. The molecule has 0 aromatic heterocycles. The molecular weight excluding hydrogens is 338 g/mol. The van der Waals surface area contributed by atoms with Gasteiger partial charge in [0.15, 0.2) is 0 Å². The number of rotatable bonds is 10. The normalized spacial score (nSPS) is 18.1. The number of hydrogen-bond donors (Lipinski definition) is 3. The third-order valence-electron chi connectivity index (χ3n) is 4.50. The number of benzene rings is 1. The fourth-order valence-corrected chi connectivity index (χ4v) is 3.57. The minimum atomic E-state index is -3.13. The molecule has 0 spiro atoms. The second-order valence-corrected chi connectivity index (χ2v) is 9.23. The lowest BCUT2D eigenvalue weighted by atomic mass is 10.2. The Hall–Kier alpha value is -1.31. The molecule has 0 radical (unpaired) electrons. The summed E-state index contributed by atoms with van der Waals surface area (Å²) in [6.45, 7) is 6.38. The molecule has 1 heterocycles. The minimum absolute atomic E-state index is 0.206. The average Bonchev–Trinajstić information content (AvgIpc) is 3.01. The molecule has 0 bridgehead atoms. The van der Waals surface area contributed by atoms with Crippen LogP contribution in [0, 0.1) is 0 Å². The predicted molar refractivity (Wildman–Crippen MR) is 104 cm³/mol. The summed E-state index contributed by atoms with van der Waals surface area (Å²) in [5.41, 5.74) is 2.24. The molecule has 2 rings (SSSR count). The maximum absolute atomic E-state index is 11.6. The van der Waals surface area contributed by atoms with Crippen LogP contribution in [0.4, 0.5) is 11.4 Å². The Morgan fingerprint density at radius 2 is 1.84 bits per heavy atom. The fraction of sp³-hybridized carbons (Fsp3) is 0.667. The zero-order valence-electron chi connectivity index (χ0n) is 15.2. The Labute approximate surface area is 151 Å². The van der Waals surface area contributed by atoms with Gasteiger partial charge in [0.05, 0.1) is 11.4 Å². The van der Waals surface area contributed by atoms with E-state index in [1.54, 1.807) is 13.8 Å². The van der Waals surface area contributed by atoms with Crippen LogP contribution < -0.4 is 14.9 Å². The van der Waals surface area contributed by atoms with E-state index in [0.29, 0.717) is 13.1 Å². The molecule has 142 valence electrons. The molecule has 0 aliphatic carbocycles. The van der Waals surface area contributed by atoms with Crippen LogP contribution in [0.15, 0.2) is 24.3 Å². The molecule has 0 saturated carbocycles. The highest BCUT2D eigenvalue weighted by atomic mass is 32.2. The van der Waals surface area contributed by atoms with Crippen molar-refractivity contribution in [3.05, 3.63) is 24.3 Å². The fourth-order valence-electron chi connectivity index (χ4n) is 2.81. The van der Waals surface area contributed by atoms with Crippen LogP contribution in [0.3, 0.4) is 0 Å². The molecule has 1 atom stereocenters. The molecule has 1 fully saturated rings. The number of hydrogen-bond acceptors (Lipinski definition) is 5. The number of β-amino-alcohol motifs (C(OH)–C–C–N with tert-alkyl or cyclic N) is 1. The van der Waals surface area contributed by atoms with Crippen molar-refractivity contribution in [1.29, 1.82) is 0 Å². The van der Waals surface area contributed by atoms with E-state index in [-0.39, 0.29) is 11.4 Å². The van der Waals surface area contributed by atoms with E-state index >= 15 is 0 Å². The number of nitrogens with one attached hydrogen (secondary N) is 2. The van der Waals surface area contributed by atoms with Crippen molar-refractivity contribution in [3.63, 3.8) is 0 Å². The first-order chi connectivity index (χ1) is 11.9. The Bertz CT molecular complexity index is 617. The van der Waals surface area contributed by atoms with Crippen LogP contribution in [0.2, 0.25) is 0 Å². The van der Waals surface area contributed by atoms with Gasteiger partial charge in [-0.25, -0.2) is 13.1 Å². The molecule has 25 heavy (non-hydrogen) atoms. The minimum Gasteiger partial charge on any atom is -0.391 e. The number of sulfonamides is 1. The second kappa shape index (κ2) is 9.40. The van der Waals surface area contributed by atoms with Crippen molar-refractivity contribution in [3.8, 4) is 0 Å². The van der Waals surface area contributed by atoms with E-state index in [4.69, 9.17) is 0 Å². The molecule has 1 aromatic rings. The van der Waals surface area contributed by atoms with Crippen LogP contribution in [0.25, 0.3) is 0 Å². The van der Waals surface area contributed by atoms with E-state index < -0.39 is 10.0 Å². The van der Waals surface area contributed by atoms with Crippen LogP contribution >= 0.6 is 0 Å². The van der Waals surface area contributed by atoms with E-state index in [9.17, 15) is 13.5 Å². The number of anilines is 2. The number of unbranched alkanes of at least 4 members (excludes halogenated alkanes) is 2. The molecule has 6 nitrogen and oxygen atoms in total. The highest BCUT2D eigenvalue weighted by molar-refractivity contribution is 7.90. The van der Waals surface area contributed by atoms with Gasteiger partial charge < -0.3 is 15.3 Å². The van der Waals surface area contributed by atoms with Gasteiger partial charge in [0.25, 0.3) is 0 Å². The monoisotopic (exact) mass is 369 g/mol. The molecule has 3 N–H and O–H groups in total. The van der Waals surface area contributed by atoms with Gasteiger partial charge in [0, 0.05) is 37.6 Å². The molecule has 1 saturated heterocycles. The van der Waals surface area contributed by atoms with Crippen molar-refractivity contribution in [2.24, 2.45) is 0 Å². The summed E-state index contributed by atoms with van der Waals surface area (Å²) in [4.78, 5) is 2.20. The zero-order valence-corrected chi connectivity index (χ0v) is 16.1. The summed E-state index contributed by atoms with van der Waals surface area (Å²) in [5, 5.41) is 12.6. The number of nitrogens with zero attached hydrogens (tertiary/aromatic N) is 1. The second-order valence-electron chi connectivity index (χ2n) is 6.91. The molecule has 1 aliphatic rings. The SMILES string of the molecule is CC(C)S(=O)(=O)NCCCCCNc1ccc(N2CCC(O)C2)cc1. The largest absolute Gasteiger partial charge is 0.391 e. The summed E-state index contributed by atoms with van der Waals surface area (Å²) in [5.74, 6) is 0. The van der Waals surface area contributed by atoms with Gasteiger partial charge in [-0.1, -0.05) is 6.42 Å². The summed E-state index contributed by atoms with van der Waals surface area (Å²) >= 11 is 0. The van der Waals surface area contributed by atoms with Crippen LogP contribution in [-0.4, -0.2) is 51.1 Å². The smallest absolute Gasteiger partial charge is 0.213 e. The molecule has 1 aliphatic heterocycles. The maximum atomic E-state index is 11.6. The summed E-state index contributed by atoms with van der Waals surface area (Å²) < 4.78 is 25.8. The lowest BCUT2D eigenvalue weighted by molar-refractivity contribution is 0.198. The van der Waals surface area contributed by atoms with E-state index in [1.807, 2.05) is 0 Å². The van der Waals surface area contributed by atoms with Crippen molar-refractivity contribution in [1.82, 2.24) is 4.72 Å². The first-order valence-corrected chi connectivity index (χ1v) is 10.7. The molecule has 7 heteroatoms. The quantitative estimate of drug-likeness (QED) is 0.551. The van der Waals surface area contributed by atoms with Crippen molar-refractivity contribution >= 4 is 21.4 Å².